The third-order valence-electron chi connectivity index (χ3n) is 3.91. The molecule has 0 aliphatic heterocycles. The summed E-state index contributed by atoms with van der Waals surface area (Å²) in [5.41, 5.74) is 4.81. The summed E-state index contributed by atoms with van der Waals surface area (Å²) in [6.45, 7) is 7.25. The second-order valence-corrected chi connectivity index (χ2v) is 5.30. The van der Waals surface area contributed by atoms with Crippen LogP contribution in [-0.2, 0) is 26.4 Å². The van der Waals surface area contributed by atoms with Crippen molar-refractivity contribution in [1.29, 1.82) is 0 Å². The molecule has 0 amide bonds. The maximum Gasteiger partial charge on any atom is 0.104 e. The number of nitrogens with zero attached hydrogens (tertiary/aromatic N) is 5. The van der Waals surface area contributed by atoms with Crippen molar-refractivity contribution < 1.29 is 0 Å². The summed E-state index contributed by atoms with van der Waals surface area (Å²) in [7, 11) is 3.91. The van der Waals surface area contributed by atoms with Gasteiger partial charge in [0, 0.05) is 30.5 Å². The molecule has 0 saturated heterocycles. The van der Waals surface area contributed by atoms with Gasteiger partial charge in [-0.25, -0.2) is 0 Å². The fourth-order valence-corrected chi connectivity index (χ4v) is 2.91. The van der Waals surface area contributed by atoms with Crippen LogP contribution in [0.15, 0.2) is 6.20 Å². The molecule has 0 aromatic carbocycles. The van der Waals surface area contributed by atoms with Crippen molar-refractivity contribution in [2.75, 3.05) is 7.05 Å². The molecule has 6 nitrogen and oxygen atoms in total. The van der Waals surface area contributed by atoms with Crippen LogP contribution in [0.4, 0.5) is 0 Å². The predicted octanol–water partition coefficient (Wildman–Crippen LogP) is 1.86. The third kappa shape index (κ3) is 3.15. The van der Waals surface area contributed by atoms with Gasteiger partial charge >= 0.3 is 0 Å². The van der Waals surface area contributed by atoms with Crippen LogP contribution in [0.25, 0.3) is 0 Å². The molecule has 1 atom stereocenters. The minimum atomic E-state index is 0.366. The molecule has 2 aromatic rings. The Morgan fingerprint density at radius 3 is 2.48 bits per heavy atom. The molecule has 116 valence electrons. The molecule has 0 bridgehead atoms. The fraction of sp³-hybridized carbons (Fsp3) is 0.667. The summed E-state index contributed by atoms with van der Waals surface area (Å²) < 4.78 is 3.83. The molecule has 2 heterocycles. The Kier molecular flexibility index (Phi) is 5.12. The highest BCUT2D eigenvalue weighted by Crippen LogP contribution is 2.26. The van der Waals surface area contributed by atoms with Crippen molar-refractivity contribution in [3.8, 4) is 0 Å². The summed E-state index contributed by atoms with van der Waals surface area (Å²) in [6.07, 6.45) is 4.93. The highest BCUT2D eigenvalue weighted by atomic mass is 15.4. The second-order valence-electron chi connectivity index (χ2n) is 5.30. The van der Waals surface area contributed by atoms with Crippen molar-refractivity contribution >= 4 is 0 Å². The zero-order chi connectivity index (χ0) is 15.4. The van der Waals surface area contributed by atoms with Crippen molar-refractivity contribution in [2.24, 2.45) is 7.05 Å². The second kappa shape index (κ2) is 6.85. The predicted molar refractivity (Wildman–Crippen MR) is 83.2 cm³/mol. The van der Waals surface area contributed by atoms with Crippen molar-refractivity contribution in [2.45, 2.75) is 52.6 Å². The van der Waals surface area contributed by atoms with Crippen LogP contribution in [-0.4, -0.2) is 31.8 Å². The molecule has 2 aromatic heterocycles. The van der Waals surface area contributed by atoms with E-state index >= 15 is 0 Å². The highest BCUT2D eigenvalue weighted by Gasteiger charge is 2.21. The monoisotopic (exact) mass is 290 g/mol. The Hall–Kier alpha value is -1.69. The number of hydrogen-bond donors (Lipinski definition) is 1. The summed E-state index contributed by atoms with van der Waals surface area (Å²) in [5, 5.41) is 16.4. The molecule has 0 saturated carbocycles. The Balaban J connectivity index is 2.41. The maximum atomic E-state index is 4.82. The molecule has 0 fully saturated rings. The molecule has 0 aliphatic carbocycles. The molecular formula is C15H26N6. The first-order chi connectivity index (χ1) is 10.1. The van der Waals surface area contributed by atoms with Crippen molar-refractivity contribution in [3.63, 3.8) is 0 Å². The van der Waals surface area contributed by atoms with E-state index in [0.717, 1.165) is 25.0 Å². The van der Waals surface area contributed by atoms with Crippen LogP contribution in [0.1, 0.15) is 55.9 Å². The molecule has 1 N–H and O–H groups in total. The molecular weight excluding hydrogens is 264 g/mol. The van der Waals surface area contributed by atoms with Crippen LogP contribution in [0.5, 0.6) is 0 Å². The van der Waals surface area contributed by atoms with E-state index in [1.807, 2.05) is 20.3 Å². The molecule has 0 spiro atoms. The van der Waals surface area contributed by atoms with Gasteiger partial charge in [-0.2, -0.15) is 5.10 Å². The van der Waals surface area contributed by atoms with Gasteiger partial charge in [0.05, 0.1) is 12.2 Å². The van der Waals surface area contributed by atoms with Gasteiger partial charge in [0.2, 0.25) is 0 Å². The maximum absolute atomic E-state index is 4.82. The first kappa shape index (κ1) is 15.7. The van der Waals surface area contributed by atoms with E-state index in [1.54, 1.807) is 4.68 Å². The smallest absolute Gasteiger partial charge is 0.104 e. The number of aryl methyl sites for hydroxylation is 2. The van der Waals surface area contributed by atoms with Crippen molar-refractivity contribution in [1.82, 2.24) is 30.1 Å². The Labute approximate surface area is 126 Å². The SMILES string of the molecule is CCc1nn(Cc2cn(C)nn2)c(CC)c1C(CC)NC. The van der Waals surface area contributed by atoms with Gasteiger partial charge in [-0.3, -0.25) is 9.36 Å². The Morgan fingerprint density at radius 2 is 2.00 bits per heavy atom. The summed E-state index contributed by atoms with van der Waals surface area (Å²) >= 11 is 0. The van der Waals surface area contributed by atoms with Crippen LogP contribution in [0.2, 0.25) is 0 Å². The molecule has 0 radical (unpaired) electrons. The molecule has 21 heavy (non-hydrogen) atoms. The Morgan fingerprint density at radius 1 is 1.24 bits per heavy atom. The van der Waals surface area contributed by atoms with Crippen LogP contribution < -0.4 is 5.32 Å². The average Bonchev–Trinajstić information content (AvgIpc) is 3.04. The number of hydrogen-bond acceptors (Lipinski definition) is 4. The quantitative estimate of drug-likeness (QED) is 0.845. The number of aromatic nitrogens is 5. The van der Waals surface area contributed by atoms with Crippen LogP contribution in [0, 0.1) is 0 Å². The van der Waals surface area contributed by atoms with Gasteiger partial charge in [0.15, 0.2) is 0 Å². The summed E-state index contributed by atoms with van der Waals surface area (Å²) in [5.74, 6) is 0. The van der Waals surface area contributed by atoms with E-state index in [9.17, 15) is 0 Å². The minimum Gasteiger partial charge on any atom is -0.313 e. The molecule has 0 aliphatic rings. The van der Waals surface area contributed by atoms with E-state index in [4.69, 9.17) is 5.10 Å². The summed E-state index contributed by atoms with van der Waals surface area (Å²) in [6, 6.07) is 0.366. The number of rotatable bonds is 7. The van der Waals surface area contributed by atoms with Crippen LogP contribution in [0.3, 0.4) is 0 Å². The standard InChI is InChI=1S/C15H26N6/c1-6-12(16-4)15-13(7-2)18-21(14(15)8-3)10-11-9-20(5)19-17-11/h9,12,16H,6-8,10H2,1-5H3. The van der Waals surface area contributed by atoms with E-state index in [2.05, 4.69) is 41.1 Å². The van der Waals surface area contributed by atoms with E-state index in [1.165, 1.54) is 17.0 Å². The lowest BCUT2D eigenvalue weighted by Crippen LogP contribution is -2.18. The summed E-state index contributed by atoms with van der Waals surface area (Å²) in [4.78, 5) is 0. The van der Waals surface area contributed by atoms with Gasteiger partial charge in [0.1, 0.15) is 5.69 Å². The topological polar surface area (TPSA) is 60.6 Å². The first-order valence-corrected chi connectivity index (χ1v) is 7.75. The Bertz CT molecular complexity index is 579. The van der Waals surface area contributed by atoms with Gasteiger partial charge in [-0.05, 0) is 26.3 Å². The molecule has 6 heteroatoms. The highest BCUT2D eigenvalue weighted by molar-refractivity contribution is 5.30. The third-order valence-corrected chi connectivity index (χ3v) is 3.91. The van der Waals surface area contributed by atoms with Gasteiger partial charge < -0.3 is 5.32 Å². The normalized spacial score (nSPS) is 12.8. The minimum absolute atomic E-state index is 0.366. The van der Waals surface area contributed by atoms with Crippen molar-refractivity contribution in [3.05, 3.63) is 28.8 Å². The zero-order valence-corrected chi connectivity index (χ0v) is 13.7. The molecule has 2 rings (SSSR count). The largest absolute Gasteiger partial charge is 0.313 e. The van der Waals surface area contributed by atoms with E-state index in [0.29, 0.717) is 12.6 Å². The van der Waals surface area contributed by atoms with Crippen LogP contribution >= 0.6 is 0 Å². The number of nitrogens with one attached hydrogen (secondary N) is 1. The van der Waals surface area contributed by atoms with Gasteiger partial charge in [0.25, 0.3) is 0 Å². The lowest BCUT2D eigenvalue weighted by atomic mass is 9.99. The van der Waals surface area contributed by atoms with E-state index < -0.39 is 0 Å². The van der Waals surface area contributed by atoms with Gasteiger partial charge in [-0.15, -0.1) is 5.10 Å². The lowest BCUT2D eigenvalue weighted by molar-refractivity contribution is 0.562. The molecule has 1 unspecified atom stereocenters. The first-order valence-electron chi connectivity index (χ1n) is 7.75. The van der Waals surface area contributed by atoms with Gasteiger partial charge in [-0.1, -0.05) is 26.0 Å². The fourth-order valence-electron chi connectivity index (χ4n) is 2.91. The zero-order valence-electron chi connectivity index (χ0n) is 13.7. The van der Waals surface area contributed by atoms with E-state index in [-0.39, 0.29) is 0 Å². The lowest BCUT2D eigenvalue weighted by Gasteiger charge is -2.16. The average molecular weight is 290 g/mol.